The van der Waals surface area contributed by atoms with Gasteiger partial charge in [-0.25, -0.2) is 15.0 Å². The highest BCUT2D eigenvalue weighted by atomic mass is 15.0. The van der Waals surface area contributed by atoms with Crippen LogP contribution in [0.1, 0.15) is 76.8 Å². The molecule has 0 spiro atoms. The predicted molar refractivity (Wildman–Crippen MR) is 225 cm³/mol. The largest absolute Gasteiger partial charge is 0.309 e. The monoisotopic (exact) mass is 704 g/mol. The second kappa shape index (κ2) is 11.7. The summed E-state index contributed by atoms with van der Waals surface area (Å²) < 4.78 is 2.49. The molecule has 2 heterocycles. The molecule has 0 fully saturated rings. The van der Waals surface area contributed by atoms with Crippen molar-refractivity contribution in [2.75, 3.05) is 0 Å². The van der Waals surface area contributed by atoms with E-state index in [1.165, 1.54) is 66.3 Å². The lowest BCUT2D eigenvalue weighted by Gasteiger charge is -2.39. The zero-order valence-electron chi connectivity index (χ0n) is 30.3. The fourth-order valence-corrected chi connectivity index (χ4v) is 10.2. The van der Waals surface area contributed by atoms with E-state index in [2.05, 4.69) is 168 Å². The zero-order valence-corrected chi connectivity index (χ0v) is 30.3. The van der Waals surface area contributed by atoms with Gasteiger partial charge in [-0.2, -0.15) is 0 Å². The van der Waals surface area contributed by atoms with Crippen molar-refractivity contribution in [3.8, 4) is 17.1 Å². The van der Waals surface area contributed by atoms with Gasteiger partial charge < -0.3 is 4.57 Å². The summed E-state index contributed by atoms with van der Waals surface area (Å²) in [5, 5.41) is 3.96. The van der Waals surface area contributed by atoms with Crippen molar-refractivity contribution < 1.29 is 0 Å². The molecule has 0 saturated carbocycles. The molecule has 5 aromatic carbocycles. The molecule has 0 amide bonds. The second-order valence-electron chi connectivity index (χ2n) is 15.3. The SMILES string of the molecule is C1=CCC(c2nc(C3=CCCC=C3)nc(-c3cccc(-n4c5c6c7c8c(cccc8ccc74)C4(c7ccccc7)C6=C(CC=C5)c5ccccc54)c3)n2)C=C1. The maximum Gasteiger partial charge on any atom is 0.163 e. The van der Waals surface area contributed by atoms with Crippen LogP contribution in [0.15, 0.2) is 158 Å². The Hall–Kier alpha value is -6.65. The van der Waals surface area contributed by atoms with Crippen LogP contribution in [0.4, 0.5) is 0 Å². The number of fused-ring (bicyclic) bond motifs is 4. The van der Waals surface area contributed by atoms with Crippen LogP contribution in [0, 0.1) is 0 Å². The van der Waals surface area contributed by atoms with Crippen molar-refractivity contribution in [2.24, 2.45) is 0 Å². The molecule has 0 radical (unpaired) electrons. The van der Waals surface area contributed by atoms with Gasteiger partial charge in [0.2, 0.25) is 0 Å². The summed E-state index contributed by atoms with van der Waals surface area (Å²) >= 11 is 0. The molecule has 5 aliphatic rings. The Balaban J connectivity index is 1.12. The van der Waals surface area contributed by atoms with Gasteiger partial charge in [0.05, 0.1) is 16.6 Å². The van der Waals surface area contributed by atoms with Gasteiger partial charge in [0.25, 0.3) is 0 Å². The van der Waals surface area contributed by atoms with Crippen molar-refractivity contribution >= 4 is 44.5 Å². The van der Waals surface area contributed by atoms with Crippen LogP contribution in [0.25, 0.3) is 61.5 Å². The third kappa shape index (κ3) is 4.25. The van der Waals surface area contributed by atoms with Crippen molar-refractivity contribution in [3.63, 3.8) is 0 Å². The fraction of sp³-hybridized carbons (Fsp3) is 0.118. The summed E-state index contributed by atoms with van der Waals surface area (Å²) in [4.78, 5) is 15.4. The van der Waals surface area contributed by atoms with E-state index in [0.29, 0.717) is 5.82 Å². The molecule has 4 heteroatoms. The van der Waals surface area contributed by atoms with Gasteiger partial charge in [-0.3, -0.25) is 0 Å². The number of hydrogen-bond donors (Lipinski definition) is 0. The predicted octanol–water partition coefficient (Wildman–Crippen LogP) is 12.0. The van der Waals surface area contributed by atoms with E-state index in [1.54, 1.807) is 0 Å². The molecule has 0 saturated heterocycles. The maximum absolute atomic E-state index is 5.18. The number of benzene rings is 5. The Morgan fingerprint density at radius 1 is 0.673 bits per heavy atom. The minimum atomic E-state index is -0.425. The van der Waals surface area contributed by atoms with Gasteiger partial charge in [-0.1, -0.05) is 140 Å². The molecule has 2 unspecified atom stereocenters. The third-order valence-electron chi connectivity index (χ3n) is 12.4. The average molecular weight is 705 g/mol. The molecule has 0 N–H and O–H groups in total. The summed E-state index contributed by atoms with van der Waals surface area (Å²) in [6.45, 7) is 0. The highest BCUT2D eigenvalue weighted by Gasteiger charge is 2.52. The number of rotatable bonds is 5. The van der Waals surface area contributed by atoms with Crippen molar-refractivity contribution in [3.05, 3.63) is 203 Å². The summed E-state index contributed by atoms with van der Waals surface area (Å²) in [7, 11) is 0. The van der Waals surface area contributed by atoms with Gasteiger partial charge in [-0.15, -0.1) is 0 Å². The van der Waals surface area contributed by atoms with Crippen LogP contribution in [0.2, 0.25) is 0 Å². The van der Waals surface area contributed by atoms with E-state index in [4.69, 9.17) is 15.0 Å². The first kappa shape index (κ1) is 30.8. The molecule has 12 rings (SSSR count). The number of allylic oxidation sites excluding steroid dienone is 11. The molecule has 7 aromatic rings. The Morgan fingerprint density at radius 3 is 2.44 bits per heavy atom. The molecule has 55 heavy (non-hydrogen) atoms. The molecular weight excluding hydrogens is 669 g/mol. The summed E-state index contributed by atoms with van der Waals surface area (Å²) in [5.74, 6) is 2.38. The molecule has 5 aliphatic carbocycles. The van der Waals surface area contributed by atoms with E-state index in [0.717, 1.165) is 54.2 Å². The van der Waals surface area contributed by atoms with Crippen LogP contribution in [-0.4, -0.2) is 19.5 Å². The van der Waals surface area contributed by atoms with Gasteiger partial charge >= 0.3 is 0 Å². The molecule has 4 nitrogen and oxygen atoms in total. The van der Waals surface area contributed by atoms with E-state index in [-0.39, 0.29) is 5.92 Å². The van der Waals surface area contributed by atoms with Gasteiger partial charge in [0, 0.05) is 33.7 Å². The summed E-state index contributed by atoms with van der Waals surface area (Å²) in [6, 6.07) is 40.8. The van der Waals surface area contributed by atoms with Crippen LogP contribution < -0.4 is 0 Å². The Labute approximate surface area is 320 Å². The van der Waals surface area contributed by atoms with Gasteiger partial charge in [-0.05, 0) is 94.1 Å². The molecule has 0 bridgehead atoms. The van der Waals surface area contributed by atoms with Crippen LogP contribution in [0.5, 0.6) is 0 Å². The molecule has 0 aliphatic heterocycles. The molecule has 2 atom stereocenters. The minimum Gasteiger partial charge on any atom is -0.309 e. The Kier molecular flexibility index (Phi) is 6.53. The Morgan fingerprint density at radius 2 is 1.55 bits per heavy atom. The first-order valence-electron chi connectivity index (χ1n) is 19.5. The van der Waals surface area contributed by atoms with Crippen molar-refractivity contribution in [1.82, 2.24) is 19.5 Å². The lowest BCUT2D eigenvalue weighted by Crippen LogP contribution is -2.31. The van der Waals surface area contributed by atoms with Crippen LogP contribution in [0.3, 0.4) is 0 Å². The quantitative estimate of drug-likeness (QED) is 0.179. The van der Waals surface area contributed by atoms with E-state index in [9.17, 15) is 0 Å². The number of hydrogen-bond acceptors (Lipinski definition) is 3. The van der Waals surface area contributed by atoms with Crippen LogP contribution in [-0.2, 0) is 5.41 Å². The highest BCUT2D eigenvalue weighted by molar-refractivity contribution is 6.25. The van der Waals surface area contributed by atoms with E-state index in [1.807, 2.05) is 0 Å². The standard InChI is InChI=1S/C51H36N4/c1-4-15-33(16-5-1)48-52-49(34-17-6-2-7-18-34)54-50(53-48)35-20-12-23-37(31-35)55-42-28-14-25-39-38-24-10-11-26-40(38)51(36-21-8-3-9-22-36)41-27-13-19-32-29-30-43(55)45(44(32)41)46(42)47(39)51/h1,3-6,8-15,17-24,26-31,33H,2,7,16,25H2. The van der Waals surface area contributed by atoms with Gasteiger partial charge in [0.15, 0.2) is 11.6 Å². The van der Waals surface area contributed by atoms with E-state index >= 15 is 0 Å². The third-order valence-corrected chi connectivity index (χ3v) is 12.4. The average Bonchev–Trinajstić information content (AvgIpc) is 3.67. The zero-order chi connectivity index (χ0) is 36.1. The minimum absolute atomic E-state index is 0.114. The molecular formula is C51H36N4. The first-order valence-corrected chi connectivity index (χ1v) is 19.5. The highest BCUT2D eigenvalue weighted by Crippen LogP contribution is 2.65. The number of aromatic nitrogens is 4. The summed E-state index contributed by atoms with van der Waals surface area (Å²) in [5.41, 5.74) is 14.8. The van der Waals surface area contributed by atoms with Crippen LogP contribution >= 0.6 is 0 Å². The lowest BCUT2D eigenvalue weighted by atomic mass is 9.61. The van der Waals surface area contributed by atoms with Crippen molar-refractivity contribution in [2.45, 2.75) is 37.0 Å². The van der Waals surface area contributed by atoms with E-state index < -0.39 is 5.41 Å². The molecule has 2 aromatic heterocycles. The fourth-order valence-electron chi connectivity index (χ4n) is 10.2. The maximum atomic E-state index is 5.18. The van der Waals surface area contributed by atoms with Crippen molar-refractivity contribution in [1.29, 1.82) is 0 Å². The normalized spacial score (nSPS) is 20.1. The smallest absolute Gasteiger partial charge is 0.163 e. The second-order valence-corrected chi connectivity index (χ2v) is 15.3. The number of nitrogens with zero attached hydrogens (tertiary/aromatic N) is 4. The summed E-state index contributed by atoms with van der Waals surface area (Å²) in [6.07, 6.45) is 23.8. The first-order chi connectivity index (χ1) is 27.3. The Bertz CT molecular complexity index is 2990. The topological polar surface area (TPSA) is 43.6 Å². The van der Waals surface area contributed by atoms with Gasteiger partial charge in [0.1, 0.15) is 5.82 Å². The lowest BCUT2D eigenvalue weighted by molar-refractivity contribution is 0.756. The molecule has 260 valence electrons.